The Balaban J connectivity index is 1.24. The molecule has 6 N–H and O–H groups in total. The first-order valence-corrected chi connectivity index (χ1v) is 16.7. The molecule has 18 nitrogen and oxygen atoms in total. The lowest BCUT2D eigenvalue weighted by Gasteiger charge is -2.45. The van der Waals surface area contributed by atoms with Gasteiger partial charge in [-0.2, -0.15) is 0 Å². The van der Waals surface area contributed by atoms with Gasteiger partial charge in [0.05, 0.1) is 37.6 Å². The number of carbonyl (C=O) groups is 3. The van der Waals surface area contributed by atoms with Crippen LogP contribution in [-0.4, -0.2) is 147 Å². The molecular weight excluding hydrogens is 696 g/mol. The molecule has 1 aliphatic carbocycles. The van der Waals surface area contributed by atoms with Gasteiger partial charge in [-0.25, -0.2) is 4.79 Å². The lowest BCUT2D eigenvalue weighted by atomic mass is 9.85. The first kappa shape index (κ1) is 38.0. The number of hydrogen-bond acceptors (Lipinski definition) is 18. The lowest BCUT2D eigenvalue weighted by molar-refractivity contribution is -0.347. The summed E-state index contributed by atoms with van der Waals surface area (Å²) in [4.78, 5) is 37.1. The summed E-state index contributed by atoms with van der Waals surface area (Å²) in [6.45, 7) is 2.48. The largest absolute Gasteiger partial charge is 0.508 e. The zero-order valence-electron chi connectivity index (χ0n) is 28.3. The molecule has 4 fully saturated rings. The molecule has 52 heavy (non-hydrogen) atoms. The minimum Gasteiger partial charge on any atom is -0.508 e. The smallest absolute Gasteiger partial charge is 0.331 e. The second-order valence-electron chi connectivity index (χ2n) is 13.2. The molecule has 5 aliphatic rings. The van der Waals surface area contributed by atoms with Gasteiger partial charge < -0.3 is 73.3 Å². The van der Waals surface area contributed by atoms with Crippen LogP contribution in [-0.2, 0) is 57.0 Å². The third kappa shape index (κ3) is 7.41. The number of hydrogen-bond donors (Lipinski definition) is 6. The van der Waals surface area contributed by atoms with Crippen molar-refractivity contribution in [2.45, 2.75) is 106 Å². The molecule has 0 bridgehead atoms. The Kier molecular flexibility index (Phi) is 11.2. The van der Waals surface area contributed by atoms with Crippen molar-refractivity contribution in [3.05, 3.63) is 48.2 Å². The summed E-state index contributed by atoms with van der Waals surface area (Å²) in [7, 11) is 0. The van der Waals surface area contributed by atoms with Crippen LogP contribution in [0.2, 0.25) is 0 Å². The van der Waals surface area contributed by atoms with Crippen molar-refractivity contribution in [2.24, 2.45) is 11.8 Å². The number of rotatable bonds is 11. The molecule has 1 saturated carbocycles. The van der Waals surface area contributed by atoms with Crippen LogP contribution in [0.3, 0.4) is 0 Å². The van der Waals surface area contributed by atoms with Crippen LogP contribution in [0.5, 0.6) is 5.75 Å². The van der Waals surface area contributed by atoms with Gasteiger partial charge in [0.2, 0.25) is 12.6 Å². The van der Waals surface area contributed by atoms with E-state index in [4.69, 9.17) is 42.6 Å². The van der Waals surface area contributed by atoms with E-state index < -0.39 is 128 Å². The van der Waals surface area contributed by atoms with E-state index in [2.05, 4.69) is 0 Å². The molecule has 16 unspecified atom stereocenters. The molecule has 286 valence electrons. The number of esters is 3. The Morgan fingerprint density at radius 1 is 0.827 bits per heavy atom. The van der Waals surface area contributed by atoms with Gasteiger partial charge in [-0.15, -0.1) is 0 Å². The van der Waals surface area contributed by atoms with Crippen molar-refractivity contribution in [3.63, 3.8) is 0 Å². The van der Waals surface area contributed by atoms with E-state index in [0.29, 0.717) is 5.56 Å². The predicted molar refractivity (Wildman–Crippen MR) is 168 cm³/mol. The second kappa shape index (κ2) is 15.3. The van der Waals surface area contributed by atoms with E-state index in [1.165, 1.54) is 31.4 Å². The van der Waals surface area contributed by atoms with Gasteiger partial charge in [0, 0.05) is 25.8 Å². The molecule has 4 aliphatic heterocycles. The number of carbonyl (C=O) groups excluding carboxylic acids is 3. The number of phenols is 1. The molecule has 6 rings (SSSR count). The maximum absolute atomic E-state index is 13.1. The normalized spacial score (nSPS) is 42.1. The van der Waals surface area contributed by atoms with Crippen molar-refractivity contribution >= 4 is 24.0 Å². The van der Waals surface area contributed by atoms with Gasteiger partial charge in [0.15, 0.2) is 24.6 Å². The molecule has 3 saturated heterocycles. The van der Waals surface area contributed by atoms with Crippen molar-refractivity contribution in [1.82, 2.24) is 0 Å². The van der Waals surface area contributed by atoms with E-state index in [-0.39, 0.29) is 5.75 Å². The van der Waals surface area contributed by atoms with E-state index in [1.807, 2.05) is 0 Å². The number of aliphatic hydroxyl groups is 5. The molecule has 0 aromatic heterocycles. The van der Waals surface area contributed by atoms with E-state index >= 15 is 0 Å². The third-order valence-corrected chi connectivity index (χ3v) is 9.78. The summed E-state index contributed by atoms with van der Waals surface area (Å²) < 4.78 is 52.3. The van der Waals surface area contributed by atoms with Crippen LogP contribution in [0.25, 0.3) is 6.08 Å². The molecule has 0 radical (unpaired) electrons. The Labute approximate surface area is 297 Å². The van der Waals surface area contributed by atoms with Gasteiger partial charge in [-0.1, -0.05) is 12.1 Å². The summed E-state index contributed by atoms with van der Waals surface area (Å²) in [5, 5.41) is 61.9. The van der Waals surface area contributed by atoms with Gasteiger partial charge in [-0.05, 0) is 36.8 Å². The first-order chi connectivity index (χ1) is 24.8. The van der Waals surface area contributed by atoms with E-state index in [9.17, 15) is 45.0 Å². The lowest BCUT2D eigenvalue weighted by Crippen LogP contribution is -2.62. The van der Waals surface area contributed by atoms with Crippen LogP contribution < -0.4 is 0 Å². The number of benzene rings is 1. The fourth-order valence-electron chi connectivity index (χ4n) is 7.24. The predicted octanol–water partition coefficient (Wildman–Crippen LogP) is -1.63. The molecule has 1 aromatic carbocycles. The van der Waals surface area contributed by atoms with Gasteiger partial charge >= 0.3 is 17.9 Å². The number of fused-ring (bicyclic) bond motifs is 3. The summed E-state index contributed by atoms with van der Waals surface area (Å²) in [5.41, 5.74) is -0.742. The standard InChI is InChI=1S/C34H42O18/c1-14-23(41)27(46-15(2)37)29(49-21(40)9-6-17-4-7-18(39)8-5-17)33(45-14)50-26-19-10-11-44-31(22(19)34(13-36)30(26)52-34)51-32-28(47-16(3)38)25(43)24(42)20(12-35)48-32/h4-11,14,19-20,22-33,35-36,39,41-43H,12-13H2,1-3H3. The Bertz CT molecular complexity index is 1520. The zero-order chi connectivity index (χ0) is 37.5. The van der Waals surface area contributed by atoms with Crippen LogP contribution in [0.15, 0.2) is 42.7 Å². The fraction of sp³-hybridized carbons (Fsp3) is 0.618. The molecule has 16 atom stereocenters. The molecular formula is C34H42O18. The molecule has 18 heteroatoms. The van der Waals surface area contributed by atoms with Crippen LogP contribution in [0.1, 0.15) is 26.3 Å². The molecule has 0 spiro atoms. The minimum absolute atomic E-state index is 0.0326. The second-order valence-corrected chi connectivity index (χ2v) is 13.2. The van der Waals surface area contributed by atoms with Crippen molar-refractivity contribution in [1.29, 1.82) is 0 Å². The highest BCUT2D eigenvalue weighted by Gasteiger charge is 2.77. The Morgan fingerprint density at radius 2 is 1.50 bits per heavy atom. The average molecular weight is 739 g/mol. The number of ether oxygens (including phenoxy) is 9. The van der Waals surface area contributed by atoms with Gasteiger partial charge in [-0.3, -0.25) is 9.59 Å². The number of phenolic OH excluding ortho intramolecular Hbond substituents is 1. The minimum atomic E-state index is -1.70. The highest BCUT2D eigenvalue weighted by atomic mass is 16.8. The van der Waals surface area contributed by atoms with Crippen molar-refractivity contribution < 1.29 is 87.7 Å². The first-order valence-electron chi connectivity index (χ1n) is 16.7. The summed E-state index contributed by atoms with van der Waals surface area (Å²) in [6, 6.07) is 5.99. The van der Waals surface area contributed by atoms with E-state index in [1.54, 1.807) is 18.2 Å². The molecule has 0 amide bonds. The average Bonchev–Trinajstić information content (AvgIpc) is 3.78. The van der Waals surface area contributed by atoms with Crippen molar-refractivity contribution in [2.75, 3.05) is 13.2 Å². The van der Waals surface area contributed by atoms with Crippen LogP contribution in [0, 0.1) is 11.8 Å². The van der Waals surface area contributed by atoms with Crippen molar-refractivity contribution in [3.8, 4) is 5.75 Å². The van der Waals surface area contributed by atoms with E-state index in [0.717, 1.165) is 19.9 Å². The molecule has 1 aromatic rings. The van der Waals surface area contributed by atoms with Crippen LogP contribution in [0.4, 0.5) is 0 Å². The number of epoxide rings is 1. The van der Waals surface area contributed by atoms with Crippen LogP contribution >= 0.6 is 0 Å². The SMILES string of the molecule is CC(=O)OC1C(OC2OC=CC3C(OC4OC(C)C(O)C(OC(C)=O)C4OC(=O)C=Cc4ccc(O)cc4)C4OC4(CO)C23)OC(CO)C(O)C1O. The summed E-state index contributed by atoms with van der Waals surface area (Å²) >= 11 is 0. The maximum Gasteiger partial charge on any atom is 0.331 e. The number of aliphatic hydroxyl groups excluding tert-OH is 5. The highest BCUT2D eigenvalue weighted by Crippen LogP contribution is 2.61. The topological polar surface area (TPSA) is 259 Å². The zero-order valence-corrected chi connectivity index (χ0v) is 28.3. The Hall–Kier alpha value is -3.69. The summed E-state index contributed by atoms with van der Waals surface area (Å²) in [6.07, 6.45) is -12.0. The quantitative estimate of drug-likeness (QED) is 0.0645. The van der Waals surface area contributed by atoms with Gasteiger partial charge in [0.25, 0.3) is 0 Å². The monoisotopic (exact) mass is 738 g/mol. The molecule has 4 heterocycles. The third-order valence-electron chi connectivity index (χ3n) is 9.78. The summed E-state index contributed by atoms with van der Waals surface area (Å²) in [5.74, 6) is -3.92. The highest BCUT2D eigenvalue weighted by molar-refractivity contribution is 5.87. The Morgan fingerprint density at radius 3 is 2.15 bits per heavy atom. The maximum atomic E-state index is 13.1. The fourth-order valence-corrected chi connectivity index (χ4v) is 7.24. The van der Waals surface area contributed by atoms with Gasteiger partial charge in [0.1, 0.15) is 41.9 Å². The number of aromatic hydroxyl groups is 1.